The number of H-pyrrole nitrogens is 1. The van der Waals surface area contributed by atoms with Gasteiger partial charge >= 0.3 is 0 Å². The van der Waals surface area contributed by atoms with E-state index < -0.39 is 10.0 Å². The summed E-state index contributed by atoms with van der Waals surface area (Å²) in [5.41, 5.74) is 3.33. The van der Waals surface area contributed by atoms with Crippen LogP contribution in [0.4, 0.5) is 0 Å². The third-order valence-electron chi connectivity index (χ3n) is 6.10. The van der Waals surface area contributed by atoms with Crippen LogP contribution in [-0.4, -0.2) is 48.1 Å². The van der Waals surface area contributed by atoms with Gasteiger partial charge in [-0.05, 0) is 49.2 Å². The normalized spacial score (nSPS) is 17.3. The van der Waals surface area contributed by atoms with Gasteiger partial charge in [-0.3, -0.25) is 4.79 Å². The van der Waals surface area contributed by atoms with Gasteiger partial charge in [0.1, 0.15) is 0 Å². The Hall–Kier alpha value is -2.06. The van der Waals surface area contributed by atoms with Crippen molar-refractivity contribution in [1.82, 2.24) is 14.2 Å². The van der Waals surface area contributed by atoms with Gasteiger partial charge in [0.05, 0.1) is 15.5 Å². The Morgan fingerprint density at radius 2 is 1.77 bits per heavy atom. The van der Waals surface area contributed by atoms with Gasteiger partial charge in [-0.2, -0.15) is 4.31 Å². The number of aromatic amines is 1. The number of aromatic nitrogens is 1. The van der Waals surface area contributed by atoms with Crippen molar-refractivity contribution >= 4 is 50.0 Å². The molecule has 0 radical (unpaired) electrons. The maximum absolute atomic E-state index is 13.4. The maximum atomic E-state index is 13.4. The molecule has 0 saturated carbocycles. The lowest BCUT2D eigenvalue weighted by atomic mass is 10.0. The lowest BCUT2D eigenvalue weighted by Gasteiger charge is -2.28. The molecule has 0 spiro atoms. The van der Waals surface area contributed by atoms with E-state index in [1.165, 1.54) is 22.5 Å². The summed E-state index contributed by atoms with van der Waals surface area (Å²) in [6, 6.07) is 10.1. The summed E-state index contributed by atoms with van der Waals surface area (Å²) in [6.07, 6.45) is 2.38. The van der Waals surface area contributed by atoms with Gasteiger partial charge in [0, 0.05) is 59.8 Å². The zero-order chi connectivity index (χ0) is 21.8. The molecule has 3 heterocycles. The fraction of sp³-hybridized carbons (Fsp3) is 0.318. The Balaban J connectivity index is 1.47. The van der Waals surface area contributed by atoms with Crippen molar-refractivity contribution in [2.45, 2.75) is 30.7 Å². The molecule has 1 fully saturated rings. The molecule has 1 N–H and O–H groups in total. The molecule has 2 aliphatic heterocycles. The van der Waals surface area contributed by atoms with Gasteiger partial charge in [-0.15, -0.1) is 0 Å². The second kappa shape index (κ2) is 7.81. The second-order valence-electron chi connectivity index (χ2n) is 8.00. The van der Waals surface area contributed by atoms with Crippen molar-refractivity contribution in [2.75, 3.05) is 19.6 Å². The van der Waals surface area contributed by atoms with E-state index in [9.17, 15) is 13.2 Å². The minimum Gasteiger partial charge on any atom is -0.358 e. The van der Waals surface area contributed by atoms with Crippen molar-refractivity contribution < 1.29 is 13.2 Å². The molecule has 31 heavy (non-hydrogen) atoms. The molecule has 0 bridgehead atoms. The third kappa shape index (κ3) is 3.63. The van der Waals surface area contributed by atoms with Crippen molar-refractivity contribution in [3.8, 4) is 0 Å². The number of fused-ring (bicyclic) bond motifs is 3. The van der Waals surface area contributed by atoms with Crippen LogP contribution < -0.4 is 0 Å². The second-order valence-corrected chi connectivity index (χ2v) is 10.8. The lowest BCUT2D eigenvalue weighted by Crippen LogP contribution is -2.36. The fourth-order valence-corrected chi connectivity index (χ4v) is 6.35. The van der Waals surface area contributed by atoms with Gasteiger partial charge in [0.25, 0.3) is 5.91 Å². The molecular weight excluding hydrogens is 457 g/mol. The molecule has 5 rings (SSSR count). The Labute approximate surface area is 190 Å². The first kappa shape index (κ1) is 20.8. The van der Waals surface area contributed by atoms with E-state index in [-0.39, 0.29) is 21.4 Å². The average molecular weight is 478 g/mol. The van der Waals surface area contributed by atoms with E-state index in [0.29, 0.717) is 37.6 Å². The predicted molar refractivity (Wildman–Crippen MR) is 121 cm³/mol. The van der Waals surface area contributed by atoms with E-state index in [1.807, 2.05) is 18.2 Å². The lowest BCUT2D eigenvalue weighted by molar-refractivity contribution is 0.0735. The van der Waals surface area contributed by atoms with Crippen molar-refractivity contribution in [3.05, 3.63) is 63.3 Å². The summed E-state index contributed by atoms with van der Waals surface area (Å²) in [7, 11) is -3.63. The highest BCUT2D eigenvalue weighted by Crippen LogP contribution is 2.32. The van der Waals surface area contributed by atoms with Crippen LogP contribution in [0.1, 0.15) is 34.5 Å². The van der Waals surface area contributed by atoms with Gasteiger partial charge in [0.2, 0.25) is 10.0 Å². The smallest absolute Gasteiger partial charge is 0.255 e. The third-order valence-corrected chi connectivity index (χ3v) is 8.55. The first-order chi connectivity index (χ1) is 14.8. The average Bonchev–Trinajstić information content (AvgIpc) is 3.41. The number of nitrogens with zero attached hydrogens (tertiary/aromatic N) is 2. The molecule has 1 amide bonds. The Kier molecular flexibility index (Phi) is 5.25. The first-order valence-corrected chi connectivity index (χ1v) is 12.4. The Bertz CT molecular complexity index is 1300. The zero-order valence-corrected chi connectivity index (χ0v) is 19.0. The number of benzene rings is 2. The van der Waals surface area contributed by atoms with Crippen LogP contribution in [-0.2, 0) is 23.0 Å². The van der Waals surface area contributed by atoms with Crippen molar-refractivity contribution in [2.24, 2.45) is 0 Å². The van der Waals surface area contributed by atoms with Crippen LogP contribution in [0.5, 0.6) is 0 Å². The topological polar surface area (TPSA) is 73.5 Å². The molecule has 1 aromatic heterocycles. The van der Waals surface area contributed by atoms with Crippen LogP contribution in [0.25, 0.3) is 10.9 Å². The molecule has 9 heteroatoms. The highest BCUT2D eigenvalue weighted by Gasteiger charge is 2.30. The number of sulfonamides is 1. The van der Waals surface area contributed by atoms with Crippen molar-refractivity contribution in [3.63, 3.8) is 0 Å². The first-order valence-electron chi connectivity index (χ1n) is 10.2. The van der Waals surface area contributed by atoms with Crippen LogP contribution in [0.15, 0.2) is 41.3 Å². The Morgan fingerprint density at radius 1 is 1.00 bits per heavy atom. The molecule has 1 saturated heterocycles. The molecule has 3 aromatic rings. The predicted octanol–water partition coefficient (Wildman–Crippen LogP) is 4.46. The summed E-state index contributed by atoms with van der Waals surface area (Å²) < 4.78 is 27.4. The molecule has 2 aliphatic rings. The number of amides is 1. The van der Waals surface area contributed by atoms with E-state index in [4.69, 9.17) is 23.2 Å². The number of carbonyl (C=O) groups is 1. The monoisotopic (exact) mass is 477 g/mol. The van der Waals surface area contributed by atoms with Crippen molar-refractivity contribution in [1.29, 1.82) is 0 Å². The number of halogens is 2. The molecule has 0 unspecified atom stereocenters. The summed E-state index contributed by atoms with van der Waals surface area (Å²) >= 11 is 12.5. The SMILES string of the molecule is O=C(c1cc(S(=O)(=O)N2CCCC2)ccc1Cl)N1CCc2[nH]c3ccc(Cl)cc3c2C1. The van der Waals surface area contributed by atoms with Gasteiger partial charge in [0.15, 0.2) is 0 Å². The maximum Gasteiger partial charge on any atom is 0.255 e. The highest BCUT2D eigenvalue weighted by atomic mass is 35.5. The molecule has 162 valence electrons. The number of rotatable bonds is 3. The highest BCUT2D eigenvalue weighted by molar-refractivity contribution is 7.89. The summed E-state index contributed by atoms with van der Waals surface area (Å²) in [5, 5.41) is 1.88. The molecule has 0 atom stereocenters. The van der Waals surface area contributed by atoms with Crippen LogP contribution in [0, 0.1) is 0 Å². The number of hydrogen-bond donors (Lipinski definition) is 1. The number of carbonyl (C=O) groups excluding carboxylic acids is 1. The number of hydrogen-bond acceptors (Lipinski definition) is 3. The molecule has 6 nitrogen and oxygen atoms in total. The van der Waals surface area contributed by atoms with Crippen LogP contribution >= 0.6 is 23.2 Å². The quantitative estimate of drug-likeness (QED) is 0.604. The van der Waals surface area contributed by atoms with E-state index in [0.717, 1.165) is 35.0 Å². The largest absolute Gasteiger partial charge is 0.358 e. The van der Waals surface area contributed by atoms with Gasteiger partial charge in [-0.25, -0.2) is 8.42 Å². The van der Waals surface area contributed by atoms with Gasteiger partial charge < -0.3 is 9.88 Å². The number of nitrogens with one attached hydrogen (secondary N) is 1. The van der Waals surface area contributed by atoms with Crippen LogP contribution in [0.2, 0.25) is 10.0 Å². The minimum atomic E-state index is -3.63. The molecule has 2 aromatic carbocycles. The summed E-state index contributed by atoms with van der Waals surface area (Å²) in [4.78, 5) is 18.6. The van der Waals surface area contributed by atoms with E-state index in [2.05, 4.69) is 4.98 Å². The molecular formula is C22H21Cl2N3O3S. The van der Waals surface area contributed by atoms with E-state index in [1.54, 1.807) is 4.90 Å². The summed E-state index contributed by atoms with van der Waals surface area (Å²) in [6.45, 7) is 1.94. The van der Waals surface area contributed by atoms with E-state index >= 15 is 0 Å². The zero-order valence-electron chi connectivity index (χ0n) is 16.7. The van der Waals surface area contributed by atoms with Crippen LogP contribution in [0.3, 0.4) is 0 Å². The van der Waals surface area contributed by atoms with Gasteiger partial charge in [-0.1, -0.05) is 23.2 Å². The Morgan fingerprint density at radius 3 is 2.55 bits per heavy atom. The molecule has 0 aliphatic carbocycles. The summed E-state index contributed by atoms with van der Waals surface area (Å²) in [5.74, 6) is -0.273. The standard InChI is InChI=1S/C22H21Cl2N3O3S/c23-14-3-6-20-16(11-14)18-13-26(10-7-21(18)25-20)22(28)17-12-15(4-5-19(17)24)31(29,30)27-8-1-2-9-27/h3-6,11-12,25H,1-2,7-10,13H2. The fourth-order valence-electron chi connectivity index (χ4n) is 4.44. The minimum absolute atomic E-state index is 0.110.